The van der Waals surface area contributed by atoms with Gasteiger partial charge in [-0.25, -0.2) is 0 Å². The second-order valence-corrected chi connectivity index (χ2v) is 5.22. The molecule has 2 heterocycles. The monoisotopic (exact) mass is 329 g/mol. The van der Waals surface area contributed by atoms with Gasteiger partial charge >= 0.3 is 0 Å². The van der Waals surface area contributed by atoms with E-state index in [2.05, 4.69) is 23.1 Å². The number of pyridine rings is 1. The molecule has 1 saturated heterocycles. The number of hydrogen-bond acceptors (Lipinski definition) is 3. The topological polar surface area (TPSA) is 68.7 Å². The highest BCUT2D eigenvalue weighted by molar-refractivity contribution is 6.29. The second kappa shape index (κ2) is 10.4. The lowest BCUT2D eigenvalue weighted by Gasteiger charge is -2.01. The fourth-order valence-electron chi connectivity index (χ4n) is 2.14. The molecule has 3 rings (SSSR count). The number of aromatic nitrogens is 1. The fourth-order valence-corrected chi connectivity index (χ4v) is 2.35. The Labute approximate surface area is 141 Å². The summed E-state index contributed by atoms with van der Waals surface area (Å²) in [7, 11) is 0. The summed E-state index contributed by atoms with van der Waals surface area (Å²) in [5.74, 6) is 0. The molecule has 5 heteroatoms. The van der Waals surface area contributed by atoms with Gasteiger partial charge in [-0.1, -0.05) is 41.9 Å². The van der Waals surface area contributed by atoms with Gasteiger partial charge in [-0.2, -0.15) is 0 Å². The van der Waals surface area contributed by atoms with E-state index in [1.807, 2.05) is 30.3 Å². The van der Waals surface area contributed by atoms with Crippen LogP contribution in [0.15, 0.2) is 47.3 Å². The molecule has 3 N–H and O–H groups in total. The number of nitrogens with one attached hydrogen (secondary N) is 3. The van der Waals surface area contributed by atoms with Crippen molar-refractivity contribution in [2.75, 3.05) is 6.54 Å². The molecule has 0 bridgehead atoms. The summed E-state index contributed by atoms with van der Waals surface area (Å²) < 4.78 is 0. The Morgan fingerprint density at radius 1 is 1.22 bits per heavy atom. The van der Waals surface area contributed by atoms with Crippen molar-refractivity contribution in [3.05, 3.63) is 57.8 Å². The maximum atomic E-state index is 11.2. The highest BCUT2D eigenvalue weighted by atomic mass is 35.5. The number of hydrogen-bond donors (Lipinski definition) is 3. The van der Waals surface area contributed by atoms with Crippen LogP contribution in [0, 0.1) is 18.3 Å². The molecule has 0 aliphatic carbocycles. The first-order valence-electron chi connectivity index (χ1n) is 7.21. The summed E-state index contributed by atoms with van der Waals surface area (Å²) in [6.07, 6.45) is 11.9. The molecule has 0 amide bonds. The minimum atomic E-state index is -0.0902. The number of rotatable bonds is 2. The van der Waals surface area contributed by atoms with E-state index < -0.39 is 0 Å². The largest absolute Gasteiger partial charge is 0.345 e. The van der Waals surface area contributed by atoms with Crippen molar-refractivity contribution in [1.82, 2.24) is 10.3 Å². The summed E-state index contributed by atoms with van der Waals surface area (Å²) >= 11 is 5.74. The SMILES string of the molecule is C#C.N=C[C@@H]1CCCN1.O=c1cc(Cl)[nH]c(-c2ccccc2)c1. The van der Waals surface area contributed by atoms with Crippen LogP contribution in [0.4, 0.5) is 0 Å². The zero-order chi connectivity index (χ0) is 17.1. The second-order valence-electron chi connectivity index (χ2n) is 4.81. The van der Waals surface area contributed by atoms with E-state index >= 15 is 0 Å². The van der Waals surface area contributed by atoms with Gasteiger partial charge in [-0.15, -0.1) is 12.8 Å². The molecule has 1 aromatic heterocycles. The average molecular weight is 330 g/mol. The van der Waals surface area contributed by atoms with Gasteiger partial charge in [0.1, 0.15) is 5.15 Å². The number of terminal acetylenes is 1. The van der Waals surface area contributed by atoms with E-state index in [4.69, 9.17) is 17.0 Å². The van der Waals surface area contributed by atoms with Gasteiger partial charge in [-0.3, -0.25) is 4.79 Å². The molecular weight excluding hydrogens is 310 g/mol. The summed E-state index contributed by atoms with van der Waals surface area (Å²) in [5, 5.41) is 10.3. The van der Waals surface area contributed by atoms with Crippen LogP contribution < -0.4 is 10.7 Å². The van der Waals surface area contributed by atoms with E-state index in [9.17, 15) is 4.79 Å². The molecule has 1 fully saturated rings. The van der Waals surface area contributed by atoms with Crippen molar-refractivity contribution in [3.63, 3.8) is 0 Å². The predicted octanol–water partition coefficient (Wildman–Crippen LogP) is 3.33. The summed E-state index contributed by atoms with van der Waals surface area (Å²) in [4.78, 5) is 14.1. The molecule has 1 aliphatic rings. The number of benzene rings is 1. The van der Waals surface area contributed by atoms with Crippen LogP contribution in [0.1, 0.15) is 12.8 Å². The molecular formula is C18H20ClN3O. The van der Waals surface area contributed by atoms with Gasteiger partial charge in [0.05, 0.1) is 5.69 Å². The minimum Gasteiger partial charge on any atom is -0.345 e. The number of halogens is 1. The molecule has 2 aromatic rings. The Kier molecular flexibility index (Phi) is 8.45. The standard InChI is InChI=1S/C11H8ClNO.C5H10N2.C2H2/c12-11-7-9(14)6-10(13-11)8-4-2-1-3-5-8;6-4-5-2-1-3-7-5;1-2/h1-7H,(H,13,14);4-7H,1-3H2;1-2H/t;5-;/m.0./s1. The van der Waals surface area contributed by atoms with Crippen molar-refractivity contribution in [2.24, 2.45) is 0 Å². The van der Waals surface area contributed by atoms with Gasteiger partial charge in [0.2, 0.25) is 0 Å². The maximum Gasteiger partial charge on any atom is 0.183 e. The van der Waals surface area contributed by atoms with Crippen molar-refractivity contribution in [1.29, 1.82) is 5.41 Å². The van der Waals surface area contributed by atoms with Gasteiger partial charge in [-0.05, 0) is 24.9 Å². The first kappa shape index (κ1) is 18.7. The van der Waals surface area contributed by atoms with Crippen molar-refractivity contribution in [2.45, 2.75) is 18.9 Å². The third kappa shape index (κ3) is 6.52. The van der Waals surface area contributed by atoms with Crippen LogP contribution in [0.3, 0.4) is 0 Å². The van der Waals surface area contributed by atoms with E-state index in [0.29, 0.717) is 11.2 Å². The van der Waals surface area contributed by atoms with Gasteiger partial charge < -0.3 is 15.7 Å². The zero-order valence-electron chi connectivity index (χ0n) is 12.8. The lowest BCUT2D eigenvalue weighted by atomic mass is 10.1. The summed E-state index contributed by atoms with van der Waals surface area (Å²) in [6, 6.07) is 12.9. The number of aromatic amines is 1. The summed E-state index contributed by atoms with van der Waals surface area (Å²) in [5.41, 5.74) is 1.60. The lowest BCUT2D eigenvalue weighted by molar-refractivity contribution is 0.772. The van der Waals surface area contributed by atoms with Gasteiger partial charge in [0, 0.05) is 24.4 Å². The molecule has 0 spiro atoms. The smallest absolute Gasteiger partial charge is 0.183 e. The number of H-pyrrole nitrogens is 1. The Hall–Kier alpha value is -2.35. The van der Waals surface area contributed by atoms with Crippen molar-refractivity contribution < 1.29 is 0 Å². The van der Waals surface area contributed by atoms with E-state index in [1.165, 1.54) is 24.8 Å². The third-order valence-electron chi connectivity index (χ3n) is 3.19. The van der Waals surface area contributed by atoms with Crippen molar-refractivity contribution in [3.8, 4) is 24.1 Å². The van der Waals surface area contributed by atoms with Crippen LogP contribution in [-0.2, 0) is 0 Å². The Morgan fingerprint density at radius 2 is 1.91 bits per heavy atom. The molecule has 1 atom stereocenters. The van der Waals surface area contributed by atoms with Crippen LogP contribution in [-0.4, -0.2) is 23.8 Å². The fraction of sp³-hybridized carbons (Fsp3) is 0.222. The molecule has 120 valence electrons. The van der Waals surface area contributed by atoms with Crippen LogP contribution in [0.25, 0.3) is 11.3 Å². The normalized spacial score (nSPS) is 15.5. The lowest BCUT2D eigenvalue weighted by Crippen LogP contribution is -2.21. The van der Waals surface area contributed by atoms with Crippen LogP contribution in [0.2, 0.25) is 5.15 Å². The zero-order valence-corrected chi connectivity index (χ0v) is 13.5. The maximum absolute atomic E-state index is 11.2. The molecule has 0 unspecified atom stereocenters. The minimum absolute atomic E-state index is 0.0902. The molecule has 1 aromatic carbocycles. The highest BCUT2D eigenvalue weighted by Crippen LogP contribution is 2.15. The summed E-state index contributed by atoms with van der Waals surface area (Å²) in [6.45, 7) is 1.10. The Balaban J connectivity index is 0.000000247. The highest BCUT2D eigenvalue weighted by Gasteiger charge is 2.08. The van der Waals surface area contributed by atoms with E-state index in [-0.39, 0.29) is 5.43 Å². The van der Waals surface area contributed by atoms with Gasteiger partial charge in [0.25, 0.3) is 0 Å². The first-order valence-corrected chi connectivity index (χ1v) is 7.59. The molecule has 23 heavy (non-hydrogen) atoms. The quantitative estimate of drug-likeness (QED) is 0.449. The van der Waals surface area contributed by atoms with E-state index in [1.54, 1.807) is 0 Å². The van der Waals surface area contributed by atoms with Crippen LogP contribution >= 0.6 is 11.6 Å². The molecule has 0 radical (unpaired) electrons. The predicted molar refractivity (Wildman–Crippen MR) is 97.2 cm³/mol. The Morgan fingerprint density at radius 3 is 2.39 bits per heavy atom. The molecule has 1 aliphatic heterocycles. The molecule has 0 saturated carbocycles. The van der Waals surface area contributed by atoms with Crippen molar-refractivity contribution >= 4 is 17.8 Å². The third-order valence-corrected chi connectivity index (χ3v) is 3.40. The first-order chi connectivity index (χ1) is 11.2. The molecule has 4 nitrogen and oxygen atoms in total. The average Bonchev–Trinajstić information content (AvgIpc) is 3.11. The van der Waals surface area contributed by atoms with E-state index in [0.717, 1.165) is 24.2 Å². The Bertz CT molecular complexity index is 673. The van der Waals surface area contributed by atoms with Gasteiger partial charge in [0.15, 0.2) is 5.43 Å². The van der Waals surface area contributed by atoms with Crippen LogP contribution in [0.5, 0.6) is 0 Å².